The highest BCUT2D eigenvalue weighted by Crippen LogP contribution is 1.83. The lowest BCUT2D eigenvalue weighted by Gasteiger charge is -2.12. The third-order valence-electron chi connectivity index (χ3n) is 2.03. The SMILES string of the molecule is C=C(C)C(=O)NC[SiH2]C.C=CC(=O)N(C)C[SiH2]C. The number of amides is 2. The Morgan fingerprint density at radius 3 is 2.22 bits per heavy atom. The van der Waals surface area contributed by atoms with Crippen molar-refractivity contribution in [2.45, 2.75) is 20.0 Å². The molecule has 0 fully saturated rings. The van der Waals surface area contributed by atoms with Gasteiger partial charge in [-0.05, 0) is 13.0 Å². The monoisotopic (exact) mass is 286 g/mol. The molecule has 0 spiro atoms. The highest BCUT2D eigenvalue weighted by Gasteiger charge is 1.99. The first-order valence-corrected chi connectivity index (χ1v) is 11.0. The van der Waals surface area contributed by atoms with Crippen molar-refractivity contribution in [2.24, 2.45) is 0 Å². The van der Waals surface area contributed by atoms with Gasteiger partial charge in [-0.2, -0.15) is 0 Å². The Labute approximate surface area is 115 Å². The second-order valence-corrected chi connectivity index (χ2v) is 6.95. The van der Waals surface area contributed by atoms with Crippen LogP contribution in [0.4, 0.5) is 0 Å². The maximum absolute atomic E-state index is 10.7. The van der Waals surface area contributed by atoms with Crippen molar-refractivity contribution < 1.29 is 9.59 Å². The second-order valence-electron chi connectivity index (χ2n) is 4.00. The molecule has 0 rings (SSSR count). The molecule has 0 aromatic rings. The van der Waals surface area contributed by atoms with E-state index in [1.165, 1.54) is 6.08 Å². The predicted molar refractivity (Wildman–Crippen MR) is 84.5 cm³/mol. The molecule has 0 aliphatic heterocycles. The standard InChI is InChI=1S/2C6H13NOSi/c1-5(2)6(8)7-4-9-3;1-4-6(8)7(2)5-9-3/h1,4,9H2,2-3H3,(H,7,8);4H,1,5,9H2,2-3H3. The molecule has 0 heterocycles. The van der Waals surface area contributed by atoms with Crippen LogP contribution >= 0.6 is 0 Å². The quantitative estimate of drug-likeness (QED) is 0.536. The van der Waals surface area contributed by atoms with Gasteiger partial charge in [0.2, 0.25) is 11.8 Å². The molecule has 0 unspecified atom stereocenters. The molecular weight excluding hydrogens is 260 g/mol. The third kappa shape index (κ3) is 11.3. The van der Waals surface area contributed by atoms with Crippen molar-refractivity contribution in [1.82, 2.24) is 10.2 Å². The van der Waals surface area contributed by atoms with Crippen molar-refractivity contribution in [3.8, 4) is 0 Å². The molecule has 0 aliphatic carbocycles. The first kappa shape index (κ1) is 19.2. The Balaban J connectivity index is 0. The number of hydrogen-bond donors (Lipinski definition) is 1. The van der Waals surface area contributed by atoms with E-state index < -0.39 is 0 Å². The minimum Gasteiger partial charge on any atom is -0.356 e. The van der Waals surface area contributed by atoms with Gasteiger partial charge in [0.05, 0.1) is 0 Å². The summed E-state index contributed by atoms with van der Waals surface area (Å²) in [6.07, 6.45) is 3.18. The fourth-order valence-electron chi connectivity index (χ4n) is 0.991. The van der Waals surface area contributed by atoms with Crippen LogP contribution in [0, 0.1) is 0 Å². The molecule has 18 heavy (non-hydrogen) atoms. The molecule has 104 valence electrons. The summed E-state index contributed by atoms with van der Waals surface area (Å²) in [5.41, 5.74) is 0.595. The van der Waals surface area contributed by atoms with Gasteiger partial charge in [-0.15, -0.1) is 0 Å². The van der Waals surface area contributed by atoms with Crippen LogP contribution in [0.2, 0.25) is 13.1 Å². The number of carbonyl (C=O) groups excluding carboxylic acids is 2. The second kappa shape index (κ2) is 12.3. The van der Waals surface area contributed by atoms with Crippen molar-refractivity contribution in [1.29, 1.82) is 0 Å². The fourth-order valence-corrected chi connectivity index (χ4v) is 2.36. The van der Waals surface area contributed by atoms with E-state index in [0.29, 0.717) is 5.57 Å². The molecule has 0 aromatic heterocycles. The number of carbonyl (C=O) groups is 2. The molecule has 0 radical (unpaired) electrons. The van der Waals surface area contributed by atoms with Crippen LogP contribution < -0.4 is 5.32 Å². The topological polar surface area (TPSA) is 49.4 Å². The van der Waals surface area contributed by atoms with Crippen LogP contribution in [0.1, 0.15) is 6.92 Å². The number of hydrogen-bond acceptors (Lipinski definition) is 2. The van der Waals surface area contributed by atoms with E-state index in [2.05, 4.69) is 31.6 Å². The molecule has 0 atom stereocenters. The highest BCUT2D eigenvalue weighted by molar-refractivity contribution is 6.34. The lowest BCUT2D eigenvalue weighted by atomic mass is 10.3. The molecule has 6 heteroatoms. The summed E-state index contributed by atoms with van der Waals surface area (Å²) in [6, 6.07) is 0. The van der Waals surface area contributed by atoms with Gasteiger partial charge in [-0.1, -0.05) is 26.3 Å². The summed E-state index contributed by atoms with van der Waals surface area (Å²) in [6.45, 7) is 12.9. The molecule has 0 saturated carbocycles. The first-order valence-electron chi connectivity index (χ1n) is 6.21. The van der Waals surface area contributed by atoms with Crippen molar-refractivity contribution in [2.75, 3.05) is 19.4 Å². The summed E-state index contributed by atoms with van der Waals surface area (Å²) < 4.78 is 0. The Morgan fingerprint density at radius 2 is 1.89 bits per heavy atom. The molecule has 1 N–H and O–H groups in total. The minimum absolute atomic E-state index is 0.00986. The Kier molecular flexibility index (Phi) is 13.1. The van der Waals surface area contributed by atoms with E-state index in [4.69, 9.17) is 0 Å². The molecule has 2 amide bonds. The zero-order valence-corrected chi connectivity index (χ0v) is 14.9. The number of rotatable bonds is 6. The van der Waals surface area contributed by atoms with Crippen LogP contribution in [0.5, 0.6) is 0 Å². The number of likely N-dealkylation sites (N-methyl/N-ethyl adjacent to an activating group) is 1. The Morgan fingerprint density at radius 1 is 1.33 bits per heavy atom. The van der Waals surface area contributed by atoms with Gasteiger partial charge in [0.1, 0.15) is 0 Å². The van der Waals surface area contributed by atoms with E-state index in [1.807, 2.05) is 0 Å². The number of nitrogens with zero attached hydrogens (tertiary/aromatic N) is 1. The van der Waals surface area contributed by atoms with Crippen LogP contribution in [0.25, 0.3) is 0 Å². The van der Waals surface area contributed by atoms with Gasteiger partial charge in [-0.3, -0.25) is 9.59 Å². The Bertz CT molecular complexity index is 292. The van der Waals surface area contributed by atoms with Gasteiger partial charge >= 0.3 is 0 Å². The van der Waals surface area contributed by atoms with E-state index in [0.717, 1.165) is 12.3 Å². The predicted octanol–water partition coefficient (Wildman–Crippen LogP) is -0.342. The molecule has 0 aromatic carbocycles. The van der Waals surface area contributed by atoms with Gasteiger partial charge in [0.25, 0.3) is 0 Å². The zero-order chi connectivity index (χ0) is 14.6. The van der Waals surface area contributed by atoms with Crippen molar-refractivity contribution in [3.63, 3.8) is 0 Å². The summed E-state index contributed by atoms with van der Waals surface area (Å²) >= 11 is 0. The average molecular weight is 287 g/mol. The fraction of sp³-hybridized carbons (Fsp3) is 0.500. The van der Waals surface area contributed by atoms with Gasteiger partial charge in [0.15, 0.2) is 0 Å². The van der Waals surface area contributed by atoms with Gasteiger partial charge < -0.3 is 10.2 Å². The number of nitrogens with one attached hydrogen (secondary N) is 1. The van der Waals surface area contributed by atoms with Gasteiger partial charge in [-0.25, -0.2) is 0 Å². The lowest BCUT2D eigenvalue weighted by molar-refractivity contribution is -0.124. The summed E-state index contributed by atoms with van der Waals surface area (Å²) in [4.78, 5) is 23.2. The maximum atomic E-state index is 10.7. The normalized spacial score (nSPS) is 10.0. The molecule has 0 saturated heterocycles. The summed E-state index contributed by atoms with van der Waals surface area (Å²) in [7, 11) is 1.74. The third-order valence-corrected chi connectivity index (χ3v) is 3.90. The van der Waals surface area contributed by atoms with Crippen molar-refractivity contribution >= 4 is 30.9 Å². The van der Waals surface area contributed by atoms with E-state index in [-0.39, 0.29) is 30.9 Å². The highest BCUT2D eigenvalue weighted by atomic mass is 28.2. The van der Waals surface area contributed by atoms with E-state index in [1.54, 1.807) is 18.9 Å². The molecule has 4 nitrogen and oxygen atoms in total. The minimum atomic E-state index is -0.0338. The largest absolute Gasteiger partial charge is 0.356 e. The van der Waals surface area contributed by atoms with Gasteiger partial charge in [0, 0.05) is 44.0 Å². The summed E-state index contributed by atoms with van der Waals surface area (Å²) in [5, 5.41) is 2.76. The van der Waals surface area contributed by atoms with E-state index in [9.17, 15) is 9.59 Å². The lowest BCUT2D eigenvalue weighted by Crippen LogP contribution is -2.27. The first-order chi connectivity index (χ1) is 8.40. The molecule has 0 bridgehead atoms. The van der Waals surface area contributed by atoms with Crippen LogP contribution in [-0.2, 0) is 9.59 Å². The van der Waals surface area contributed by atoms with Crippen molar-refractivity contribution in [3.05, 3.63) is 24.8 Å². The average Bonchev–Trinajstić information content (AvgIpc) is 2.35. The molecule has 0 aliphatic rings. The zero-order valence-electron chi connectivity index (χ0n) is 12.1. The Hall–Kier alpha value is -1.15. The maximum Gasteiger partial charge on any atom is 0.246 e. The van der Waals surface area contributed by atoms with Crippen LogP contribution in [-0.4, -0.2) is 55.1 Å². The van der Waals surface area contributed by atoms with E-state index >= 15 is 0 Å². The van der Waals surface area contributed by atoms with Crippen LogP contribution in [0.15, 0.2) is 24.8 Å². The molecular formula is C12H26N2O2Si2. The van der Waals surface area contributed by atoms with Crippen LogP contribution in [0.3, 0.4) is 0 Å². The summed E-state index contributed by atoms with van der Waals surface area (Å²) in [5.74, 6) is 0.0219. The smallest absolute Gasteiger partial charge is 0.246 e.